The molecule has 0 radical (unpaired) electrons. The Balaban J connectivity index is 2.62. The lowest BCUT2D eigenvalue weighted by molar-refractivity contribution is 0.693. The number of hydrogen-bond acceptors (Lipinski definition) is 3. The lowest BCUT2D eigenvalue weighted by atomic mass is 10.2. The molecule has 0 bridgehead atoms. The van der Waals surface area contributed by atoms with Gasteiger partial charge >= 0.3 is 0 Å². The molecular weight excluding hydrogens is 156 g/mol. The summed E-state index contributed by atoms with van der Waals surface area (Å²) < 4.78 is 17.3. The molecule has 0 aromatic heterocycles. The summed E-state index contributed by atoms with van der Waals surface area (Å²) in [6.07, 6.45) is 0. The Kier molecular flexibility index (Phi) is 2.13. The Bertz CT molecular complexity index is 166. The van der Waals surface area contributed by atoms with Crippen molar-refractivity contribution in [1.82, 2.24) is 4.72 Å². The zero-order valence-corrected chi connectivity index (χ0v) is 6.88. The van der Waals surface area contributed by atoms with Gasteiger partial charge in [0.25, 0.3) is 0 Å². The maximum absolute atomic E-state index is 10.6. The number of hydrogen-bond donors (Lipinski definition) is 1. The first kappa shape index (κ1) is 7.08. The van der Waals surface area contributed by atoms with Crippen LogP contribution in [0.1, 0.15) is 13.8 Å². The Morgan fingerprint density at radius 3 is 2.67 bits per heavy atom. The molecular formula is C4H8N2OS2. The van der Waals surface area contributed by atoms with Gasteiger partial charge in [0.15, 0.2) is 0 Å². The van der Waals surface area contributed by atoms with Crippen molar-refractivity contribution in [2.45, 2.75) is 13.8 Å². The highest BCUT2D eigenvalue weighted by Gasteiger charge is 2.14. The molecule has 0 aliphatic carbocycles. The Morgan fingerprint density at radius 1 is 1.78 bits per heavy atom. The van der Waals surface area contributed by atoms with Crippen molar-refractivity contribution in [2.24, 2.45) is 10.3 Å². The van der Waals surface area contributed by atoms with Crippen molar-refractivity contribution >= 4 is 26.8 Å². The van der Waals surface area contributed by atoms with E-state index in [1.807, 2.05) is 13.8 Å². The quantitative estimate of drug-likeness (QED) is 0.462. The van der Waals surface area contributed by atoms with Crippen molar-refractivity contribution in [1.29, 1.82) is 0 Å². The highest BCUT2D eigenvalue weighted by molar-refractivity contribution is 8.68. The van der Waals surface area contributed by atoms with Crippen LogP contribution in [0.5, 0.6) is 0 Å². The van der Waals surface area contributed by atoms with Crippen molar-refractivity contribution < 1.29 is 4.21 Å². The second kappa shape index (κ2) is 2.70. The van der Waals surface area contributed by atoms with Crippen LogP contribution in [0.15, 0.2) is 4.40 Å². The van der Waals surface area contributed by atoms with Crippen LogP contribution in [-0.4, -0.2) is 10.0 Å². The summed E-state index contributed by atoms with van der Waals surface area (Å²) in [6, 6.07) is 0. The SMILES string of the molecule is CC(C)C1=NS(=O)SN1. The van der Waals surface area contributed by atoms with Crippen LogP contribution in [0, 0.1) is 5.92 Å². The molecule has 0 saturated heterocycles. The zero-order chi connectivity index (χ0) is 6.85. The largest absolute Gasteiger partial charge is 0.304 e. The van der Waals surface area contributed by atoms with Crippen LogP contribution >= 0.6 is 11.0 Å². The number of amidine groups is 1. The monoisotopic (exact) mass is 164 g/mol. The fourth-order valence-corrected chi connectivity index (χ4v) is 2.19. The predicted molar refractivity (Wildman–Crippen MR) is 41.1 cm³/mol. The van der Waals surface area contributed by atoms with E-state index >= 15 is 0 Å². The summed E-state index contributed by atoms with van der Waals surface area (Å²) in [6.45, 7) is 4.02. The molecule has 0 aromatic carbocycles. The van der Waals surface area contributed by atoms with Crippen molar-refractivity contribution in [3.63, 3.8) is 0 Å². The minimum absolute atomic E-state index is 0.351. The van der Waals surface area contributed by atoms with E-state index in [-0.39, 0.29) is 0 Å². The maximum atomic E-state index is 10.6. The van der Waals surface area contributed by atoms with Gasteiger partial charge in [-0.1, -0.05) is 13.8 Å². The molecule has 1 heterocycles. The summed E-state index contributed by atoms with van der Waals surface area (Å²) in [7, 11) is 0.0722. The summed E-state index contributed by atoms with van der Waals surface area (Å²) >= 11 is 0. The molecule has 1 N–H and O–H groups in total. The van der Waals surface area contributed by atoms with Gasteiger partial charge in [0, 0.05) is 5.92 Å². The van der Waals surface area contributed by atoms with Gasteiger partial charge in [0.1, 0.15) is 5.84 Å². The maximum Gasteiger partial charge on any atom is 0.224 e. The second-order valence-corrected chi connectivity index (χ2v) is 4.38. The smallest absolute Gasteiger partial charge is 0.224 e. The standard InChI is InChI=1S/C4H8N2OS2/c1-3(2)4-5-8-9(7)6-4/h3H,1-2H3,(H,5,6). The Morgan fingerprint density at radius 2 is 2.44 bits per heavy atom. The fourth-order valence-electron chi connectivity index (χ4n) is 0.419. The minimum atomic E-state index is -1.08. The van der Waals surface area contributed by atoms with Gasteiger partial charge in [0.05, 0.1) is 11.0 Å². The molecule has 3 nitrogen and oxygen atoms in total. The Hall–Kier alpha value is -0.0300. The summed E-state index contributed by atoms with van der Waals surface area (Å²) in [5.74, 6) is 1.18. The van der Waals surface area contributed by atoms with Gasteiger partial charge in [-0.2, -0.15) is 4.40 Å². The van der Waals surface area contributed by atoms with Crippen molar-refractivity contribution in [3.05, 3.63) is 0 Å². The van der Waals surface area contributed by atoms with E-state index in [9.17, 15) is 4.21 Å². The highest BCUT2D eigenvalue weighted by atomic mass is 33.1. The van der Waals surface area contributed by atoms with Gasteiger partial charge in [-0.15, -0.1) is 0 Å². The van der Waals surface area contributed by atoms with Gasteiger partial charge < -0.3 is 4.72 Å². The van der Waals surface area contributed by atoms with Crippen LogP contribution in [-0.2, 0) is 10.0 Å². The topological polar surface area (TPSA) is 41.5 Å². The van der Waals surface area contributed by atoms with Gasteiger partial charge in [0.2, 0.25) is 10.0 Å². The number of rotatable bonds is 1. The first-order valence-corrected chi connectivity index (χ1v) is 5.08. The molecule has 1 aliphatic rings. The van der Waals surface area contributed by atoms with Crippen LogP contribution in [0.3, 0.4) is 0 Å². The van der Waals surface area contributed by atoms with Gasteiger partial charge in [-0.05, 0) is 0 Å². The third-order valence-corrected chi connectivity index (χ3v) is 2.62. The van der Waals surface area contributed by atoms with Crippen molar-refractivity contribution in [2.75, 3.05) is 0 Å². The van der Waals surface area contributed by atoms with Crippen molar-refractivity contribution in [3.8, 4) is 0 Å². The Labute approximate surface area is 60.4 Å². The second-order valence-electron chi connectivity index (χ2n) is 2.03. The molecule has 0 saturated carbocycles. The molecule has 0 spiro atoms. The number of nitrogens with zero attached hydrogens (tertiary/aromatic N) is 1. The predicted octanol–water partition coefficient (Wildman–Crippen LogP) is 0.871. The van der Waals surface area contributed by atoms with Gasteiger partial charge in [-0.25, -0.2) is 4.21 Å². The normalized spacial score (nSPS) is 26.1. The van der Waals surface area contributed by atoms with E-state index < -0.39 is 10.0 Å². The molecule has 0 fully saturated rings. The van der Waals surface area contributed by atoms with E-state index in [4.69, 9.17) is 0 Å². The minimum Gasteiger partial charge on any atom is -0.304 e. The summed E-state index contributed by atoms with van der Waals surface area (Å²) in [5, 5.41) is 0. The van der Waals surface area contributed by atoms with E-state index in [1.165, 1.54) is 0 Å². The molecule has 1 unspecified atom stereocenters. The van der Waals surface area contributed by atoms with E-state index in [0.717, 1.165) is 16.8 Å². The lowest BCUT2D eigenvalue weighted by Crippen LogP contribution is -2.17. The van der Waals surface area contributed by atoms with Crippen LogP contribution in [0.4, 0.5) is 0 Å². The molecule has 0 amide bonds. The molecule has 1 atom stereocenters. The van der Waals surface area contributed by atoms with Gasteiger partial charge in [-0.3, -0.25) is 0 Å². The fraction of sp³-hybridized carbons (Fsp3) is 0.750. The molecule has 5 heteroatoms. The average molecular weight is 164 g/mol. The number of nitrogens with one attached hydrogen (secondary N) is 1. The van der Waals surface area contributed by atoms with E-state index in [0.29, 0.717) is 5.92 Å². The zero-order valence-electron chi connectivity index (χ0n) is 5.25. The third kappa shape index (κ3) is 1.69. The molecule has 52 valence electrons. The highest BCUT2D eigenvalue weighted by Crippen LogP contribution is 2.14. The van der Waals surface area contributed by atoms with E-state index in [1.54, 1.807) is 0 Å². The first-order chi connectivity index (χ1) is 4.20. The molecule has 1 rings (SSSR count). The van der Waals surface area contributed by atoms with Crippen LogP contribution in [0.2, 0.25) is 0 Å². The van der Waals surface area contributed by atoms with Crippen LogP contribution in [0.25, 0.3) is 0 Å². The van der Waals surface area contributed by atoms with E-state index in [2.05, 4.69) is 9.12 Å². The molecule has 0 aromatic rings. The average Bonchev–Trinajstić information content (AvgIpc) is 2.14. The van der Waals surface area contributed by atoms with Crippen LogP contribution < -0.4 is 4.72 Å². The lowest BCUT2D eigenvalue weighted by Gasteiger charge is -1.99. The first-order valence-electron chi connectivity index (χ1n) is 2.64. The summed E-state index contributed by atoms with van der Waals surface area (Å²) in [5.41, 5.74) is 0. The third-order valence-electron chi connectivity index (χ3n) is 0.937. The molecule has 9 heavy (non-hydrogen) atoms. The summed E-state index contributed by atoms with van der Waals surface area (Å²) in [4.78, 5) is 0. The molecule has 1 aliphatic heterocycles.